The topological polar surface area (TPSA) is 92.7 Å². The average molecular weight is 259 g/mol. The summed E-state index contributed by atoms with van der Waals surface area (Å²) in [5.41, 5.74) is -0.177. The number of hydrogen-bond donors (Lipinski definition) is 2. The second kappa shape index (κ2) is 11.6. The van der Waals surface area contributed by atoms with Crippen LogP contribution in [0.1, 0.15) is 33.6 Å². The van der Waals surface area contributed by atoms with Crippen molar-refractivity contribution < 1.29 is 24.2 Å². The van der Waals surface area contributed by atoms with Crippen molar-refractivity contribution in [3.8, 4) is 0 Å². The Morgan fingerprint density at radius 3 is 2.22 bits per heavy atom. The molecule has 0 bridgehead atoms. The maximum absolute atomic E-state index is 11.2. The molecule has 0 saturated heterocycles. The fraction of sp³-hybridized carbons (Fsp3) is 0.583. The highest BCUT2D eigenvalue weighted by atomic mass is 16.5. The zero-order chi connectivity index (χ0) is 14.6. The Balaban J connectivity index is 0. The van der Waals surface area contributed by atoms with Gasteiger partial charge in [-0.2, -0.15) is 0 Å². The maximum atomic E-state index is 11.2. The minimum Gasteiger partial charge on any atom is -0.481 e. The summed E-state index contributed by atoms with van der Waals surface area (Å²) in [6.07, 6.45) is 1.17. The van der Waals surface area contributed by atoms with Crippen LogP contribution in [-0.2, 0) is 19.1 Å². The lowest BCUT2D eigenvalue weighted by atomic mass is 10.1. The molecule has 0 atom stereocenters. The first-order valence-corrected chi connectivity index (χ1v) is 5.79. The summed E-state index contributed by atoms with van der Waals surface area (Å²) in [7, 11) is 1.13. The predicted molar refractivity (Wildman–Crippen MR) is 67.0 cm³/mol. The van der Waals surface area contributed by atoms with Gasteiger partial charge in [0.15, 0.2) is 0 Å². The first-order chi connectivity index (χ1) is 8.51. The van der Waals surface area contributed by atoms with Gasteiger partial charge in [0.2, 0.25) is 5.91 Å². The van der Waals surface area contributed by atoms with Crippen molar-refractivity contribution in [3.05, 3.63) is 11.6 Å². The van der Waals surface area contributed by atoms with Crippen molar-refractivity contribution >= 4 is 17.8 Å². The number of amides is 1. The lowest BCUT2D eigenvalue weighted by molar-refractivity contribution is -0.141. The molecule has 0 rings (SSSR count). The number of carboxylic acid groups (broad SMARTS) is 1. The number of aliphatic carboxylic acids is 1. The van der Waals surface area contributed by atoms with E-state index >= 15 is 0 Å². The van der Waals surface area contributed by atoms with Gasteiger partial charge in [0, 0.05) is 12.6 Å². The van der Waals surface area contributed by atoms with Gasteiger partial charge in [-0.1, -0.05) is 20.8 Å². The molecule has 0 fully saturated rings. The van der Waals surface area contributed by atoms with Gasteiger partial charge in [0.05, 0.1) is 19.1 Å². The van der Waals surface area contributed by atoms with Gasteiger partial charge in [-0.15, -0.1) is 0 Å². The molecule has 2 N–H and O–H groups in total. The Bertz CT molecular complexity index is 310. The fourth-order valence-corrected chi connectivity index (χ4v) is 0.934. The van der Waals surface area contributed by atoms with E-state index in [0.717, 1.165) is 19.6 Å². The number of carbonyl (C=O) groups is 3. The molecule has 0 spiro atoms. The Morgan fingerprint density at radius 1 is 1.28 bits per heavy atom. The zero-order valence-corrected chi connectivity index (χ0v) is 11.3. The fourth-order valence-electron chi connectivity index (χ4n) is 0.934. The first kappa shape index (κ1) is 18.5. The molecule has 0 aliphatic carbocycles. The number of methoxy groups -OCH3 is 1. The number of esters is 1. The number of carbonyl (C=O) groups excluding carboxylic acids is 2. The third kappa shape index (κ3) is 9.38. The molecule has 0 aliphatic rings. The van der Waals surface area contributed by atoms with Crippen molar-refractivity contribution in [2.45, 2.75) is 33.6 Å². The summed E-state index contributed by atoms with van der Waals surface area (Å²) < 4.78 is 4.37. The molecule has 0 aromatic heterocycles. The normalized spacial score (nSPS) is 9.89. The molecule has 6 heteroatoms. The molecule has 6 nitrogen and oxygen atoms in total. The van der Waals surface area contributed by atoms with Crippen LogP contribution in [0, 0.1) is 0 Å². The van der Waals surface area contributed by atoms with E-state index in [1.165, 1.54) is 0 Å². The Morgan fingerprint density at radius 2 is 1.83 bits per heavy atom. The zero-order valence-electron chi connectivity index (χ0n) is 11.3. The molecular formula is C12H21NO5. The first-order valence-electron chi connectivity index (χ1n) is 5.79. The van der Waals surface area contributed by atoms with Crippen molar-refractivity contribution in [1.29, 1.82) is 0 Å². The molecule has 0 radical (unpaired) electrons. The largest absolute Gasteiger partial charge is 0.481 e. The monoisotopic (exact) mass is 259 g/mol. The molecule has 0 aromatic rings. The van der Waals surface area contributed by atoms with Gasteiger partial charge >= 0.3 is 11.9 Å². The highest BCUT2D eigenvalue weighted by Crippen LogP contribution is 2.03. The van der Waals surface area contributed by atoms with Crippen LogP contribution < -0.4 is 5.32 Å². The minimum atomic E-state index is -1.19. The van der Waals surface area contributed by atoms with E-state index in [-0.39, 0.29) is 5.57 Å². The Labute approximate surface area is 107 Å². The van der Waals surface area contributed by atoms with E-state index < -0.39 is 24.3 Å². The molecule has 104 valence electrons. The standard InChI is InChI=1S/C10H15NO5.C2H6/c1-3-4-11-8(12)5-7(6-9(13)14)10(15)16-2;1-2/h5H,3-4,6H2,1-2H3,(H,11,12)(H,13,14);1-2H3/b7-5-;. The Hall–Kier alpha value is -1.85. The molecule has 0 heterocycles. The lowest BCUT2D eigenvalue weighted by Crippen LogP contribution is -2.23. The summed E-state index contributed by atoms with van der Waals surface area (Å²) in [4.78, 5) is 32.8. The van der Waals surface area contributed by atoms with Gasteiger partial charge in [-0.3, -0.25) is 9.59 Å². The van der Waals surface area contributed by atoms with Crippen molar-refractivity contribution in [2.24, 2.45) is 0 Å². The Kier molecular flexibility index (Phi) is 12.0. The summed E-state index contributed by atoms with van der Waals surface area (Å²) in [6, 6.07) is 0. The SMILES string of the molecule is CC.CCCNC(=O)/C=C(/CC(=O)O)C(=O)OC. The van der Waals surface area contributed by atoms with Gasteiger partial charge in [0.1, 0.15) is 0 Å². The van der Waals surface area contributed by atoms with E-state index in [9.17, 15) is 14.4 Å². The van der Waals surface area contributed by atoms with Crippen LogP contribution in [-0.4, -0.2) is 36.6 Å². The van der Waals surface area contributed by atoms with Crippen LogP contribution in [0.25, 0.3) is 0 Å². The van der Waals surface area contributed by atoms with Crippen LogP contribution in [0.3, 0.4) is 0 Å². The van der Waals surface area contributed by atoms with Crippen LogP contribution >= 0.6 is 0 Å². The molecule has 1 amide bonds. The smallest absolute Gasteiger partial charge is 0.334 e. The number of rotatable bonds is 6. The quantitative estimate of drug-likeness (QED) is 0.550. The summed E-state index contributed by atoms with van der Waals surface area (Å²) in [6.45, 7) is 6.35. The summed E-state index contributed by atoms with van der Waals surface area (Å²) in [5.74, 6) is -2.50. The van der Waals surface area contributed by atoms with E-state index in [4.69, 9.17) is 5.11 Å². The molecule has 0 unspecified atom stereocenters. The highest BCUT2D eigenvalue weighted by molar-refractivity contribution is 6.01. The second-order valence-corrected chi connectivity index (χ2v) is 3.02. The average Bonchev–Trinajstić information content (AvgIpc) is 2.36. The number of ether oxygens (including phenoxy) is 1. The summed E-state index contributed by atoms with van der Waals surface area (Å²) in [5, 5.41) is 11.0. The second-order valence-electron chi connectivity index (χ2n) is 3.02. The van der Waals surface area contributed by atoms with E-state index in [1.54, 1.807) is 0 Å². The third-order valence-electron chi connectivity index (χ3n) is 1.64. The van der Waals surface area contributed by atoms with Crippen molar-refractivity contribution in [3.63, 3.8) is 0 Å². The van der Waals surface area contributed by atoms with Crippen LogP contribution in [0.4, 0.5) is 0 Å². The molecule has 18 heavy (non-hydrogen) atoms. The summed E-state index contributed by atoms with van der Waals surface area (Å²) >= 11 is 0. The van der Waals surface area contributed by atoms with E-state index in [1.807, 2.05) is 20.8 Å². The highest BCUT2D eigenvalue weighted by Gasteiger charge is 2.15. The number of nitrogens with one attached hydrogen (secondary N) is 1. The molecule has 0 aromatic carbocycles. The van der Waals surface area contributed by atoms with E-state index in [0.29, 0.717) is 6.54 Å². The van der Waals surface area contributed by atoms with Gasteiger partial charge in [0.25, 0.3) is 0 Å². The van der Waals surface area contributed by atoms with Gasteiger partial charge in [-0.05, 0) is 6.42 Å². The minimum absolute atomic E-state index is 0.177. The van der Waals surface area contributed by atoms with Crippen LogP contribution in [0.5, 0.6) is 0 Å². The molecule has 0 aliphatic heterocycles. The number of hydrogen-bond acceptors (Lipinski definition) is 4. The van der Waals surface area contributed by atoms with Crippen LogP contribution in [0.15, 0.2) is 11.6 Å². The maximum Gasteiger partial charge on any atom is 0.334 e. The van der Waals surface area contributed by atoms with Gasteiger partial charge < -0.3 is 15.2 Å². The lowest BCUT2D eigenvalue weighted by Gasteiger charge is -2.03. The predicted octanol–water partition coefficient (Wildman–Crippen LogP) is 1.11. The third-order valence-corrected chi connectivity index (χ3v) is 1.64. The van der Waals surface area contributed by atoms with Crippen molar-refractivity contribution in [2.75, 3.05) is 13.7 Å². The number of carboxylic acids is 1. The van der Waals surface area contributed by atoms with Crippen LogP contribution in [0.2, 0.25) is 0 Å². The van der Waals surface area contributed by atoms with Crippen molar-refractivity contribution in [1.82, 2.24) is 5.32 Å². The van der Waals surface area contributed by atoms with Gasteiger partial charge in [-0.25, -0.2) is 4.79 Å². The molecular weight excluding hydrogens is 238 g/mol. The molecule has 0 saturated carbocycles. The van der Waals surface area contributed by atoms with E-state index in [2.05, 4.69) is 10.1 Å².